The molecule has 0 saturated carbocycles. The molecule has 6 heteroatoms. The molecule has 1 fully saturated rings. The summed E-state index contributed by atoms with van der Waals surface area (Å²) in [6.45, 7) is 0. The lowest BCUT2D eigenvalue weighted by Gasteiger charge is -2.10. The number of sulfone groups is 1. The lowest BCUT2D eigenvalue weighted by molar-refractivity contribution is 0.602. The molecule has 1 aromatic heterocycles. The minimum Gasteiger partial charge on any atom is -0.350 e. The summed E-state index contributed by atoms with van der Waals surface area (Å²) >= 11 is 0. The minimum absolute atomic E-state index is 0.0730. The molecule has 1 N–H and O–H groups in total. The van der Waals surface area contributed by atoms with Crippen molar-refractivity contribution in [1.29, 1.82) is 0 Å². The number of benzene rings is 1. The highest BCUT2D eigenvalue weighted by Gasteiger charge is 2.28. The minimum atomic E-state index is -2.88. The third-order valence-corrected chi connectivity index (χ3v) is 4.82. The van der Waals surface area contributed by atoms with Crippen LogP contribution in [0.4, 0.5) is 5.95 Å². The molecule has 0 aliphatic carbocycles. The average Bonchev–Trinajstić information content (AvgIpc) is 2.68. The first-order chi connectivity index (χ1) is 8.62. The van der Waals surface area contributed by atoms with E-state index in [-0.39, 0.29) is 17.5 Å². The maximum Gasteiger partial charge on any atom is 0.223 e. The molecule has 2 aromatic rings. The van der Waals surface area contributed by atoms with Gasteiger partial charge in [-0.05, 0) is 12.5 Å². The van der Waals surface area contributed by atoms with Crippen LogP contribution in [0.25, 0.3) is 10.9 Å². The van der Waals surface area contributed by atoms with Crippen molar-refractivity contribution in [2.75, 3.05) is 16.8 Å². The van der Waals surface area contributed by atoms with Crippen molar-refractivity contribution in [2.45, 2.75) is 12.5 Å². The second-order valence-corrected chi connectivity index (χ2v) is 6.73. The van der Waals surface area contributed by atoms with E-state index in [1.807, 2.05) is 24.3 Å². The van der Waals surface area contributed by atoms with Crippen molar-refractivity contribution in [2.24, 2.45) is 0 Å². The summed E-state index contributed by atoms with van der Waals surface area (Å²) in [5, 5.41) is 4.06. The predicted molar refractivity (Wildman–Crippen MR) is 70.2 cm³/mol. The van der Waals surface area contributed by atoms with Gasteiger partial charge in [0.15, 0.2) is 9.84 Å². The Labute approximate surface area is 105 Å². The van der Waals surface area contributed by atoms with E-state index in [1.54, 1.807) is 6.20 Å². The van der Waals surface area contributed by atoms with Crippen LogP contribution in [0.5, 0.6) is 0 Å². The van der Waals surface area contributed by atoms with Gasteiger partial charge >= 0.3 is 0 Å². The molecule has 2 heterocycles. The van der Waals surface area contributed by atoms with Gasteiger partial charge in [-0.25, -0.2) is 18.4 Å². The van der Waals surface area contributed by atoms with Crippen LogP contribution >= 0.6 is 0 Å². The number of nitrogens with zero attached hydrogens (tertiary/aromatic N) is 2. The number of anilines is 1. The molecule has 0 amide bonds. The van der Waals surface area contributed by atoms with E-state index in [9.17, 15) is 8.42 Å². The van der Waals surface area contributed by atoms with E-state index < -0.39 is 9.84 Å². The van der Waals surface area contributed by atoms with Gasteiger partial charge in [-0.3, -0.25) is 0 Å². The highest BCUT2D eigenvalue weighted by molar-refractivity contribution is 7.91. The van der Waals surface area contributed by atoms with Crippen LogP contribution in [0.3, 0.4) is 0 Å². The standard InChI is InChI=1S/C12H13N3O2S/c16-18(17)6-5-10(8-18)14-12-13-7-9-3-1-2-4-11(9)15-12/h1-4,7,10H,5-6,8H2,(H,13,14,15). The van der Waals surface area contributed by atoms with E-state index in [2.05, 4.69) is 15.3 Å². The summed E-state index contributed by atoms with van der Waals surface area (Å²) in [6.07, 6.45) is 2.37. The van der Waals surface area contributed by atoms with Crippen LogP contribution in [0.2, 0.25) is 0 Å². The zero-order valence-corrected chi connectivity index (χ0v) is 10.5. The van der Waals surface area contributed by atoms with Crippen molar-refractivity contribution in [1.82, 2.24) is 9.97 Å². The molecule has 0 radical (unpaired) electrons. The molecule has 0 spiro atoms. The number of nitrogens with one attached hydrogen (secondary N) is 1. The van der Waals surface area contributed by atoms with Gasteiger partial charge in [0.1, 0.15) is 0 Å². The predicted octanol–water partition coefficient (Wildman–Crippen LogP) is 1.23. The van der Waals surface area contributed by atoms with E-state index in [0.717, 1.165) is 10.9 Å². The third-order valence-electron chi connectivity index (χ3n) is 3.05. The fourth-order valence-corrected chi connectivity index (χ4v) is 3.81. The maximum absolute atomic E-state index is 11.4. The van der Waals surface area contributed by atoms with Crippen molar-refractivity contribution < 1.29 is 8.42 Å². The van der Waals surface area contributed by atoms with Crippen LogP contribution in [0, 0.1) is 0 Å². The highest BCUT2D eigenvalue weighted by Crippen LogP contribution is 2.17. The summed E-state index contributed by atoms with van der Waals surface area (Å²) in [4.78, 5) is 8.57. The van der Waals surface area contributed by atoms with Crippen molar-refractivity contribution in [3.63, 3.8) is 0 Å². The zero-order chi connectivity index (χ0) is 12.6. The number of fused-ring (bicyclic) bond motifs is 1. The molecule has 1 unspecified atom stereocenters. The van der Waals surface area contributed by atoms with Gasteiger partial charge in [0.05, 0.1) is 17.0 Å². The lowest BCUT2D eigenvalue weighted by atomic mass is 10.2. The van der Waals surface area contributed by atoms with Crippen LogP contribution in [-0.4, -0.2) is 35.9 Å². The zero-order valence-electron chi connectivity index (χ0n) is 9.70. The van der Waals surface area contributed by atoms with E-state index in [4.69, 9.17) is 0 Å². The highest BCUT2D eigenvalue weighted by atomic mass is 32.2. The van der Waals surface area contributed by atoms with Gasteiger partial charge in [-0.2, -0.15) is 0 Å². The Balaban J connectivity index is 1.83. The van der Waals surface area contributed by atoms with Gasteiger partial charge in [-0.1, -0.05) is 18.2 Å². The Morgan fingerprint density at radius 2 is 2.11 bits per heavy atom. The fourth-order valence-electron chi connectivity index (χ4n) is 2.13. The Kier molecular flexibility index (Phi) is 2.66. The van der Waals surface area contributed by atoms with Crippen LogP contribution in [0.15, 0.2) is 30.5 Å². The molecule has 1 aliphatic rings. The Hall–Kier alpha value is -1.69. The van der Waals surface area contributed by atoms with Crippen molar-refractivity contribution >= 4 is 26.7 Å². The van der Waals surface area contributed by atoms with Gasteiger partial charge in [0, 0.05) is 17.6 Å². The number of hydrogen-bond donors (Lipinski definition) is 1. The van der Waals surface area contributed by atoms with E-state index in [1.165, 1.54) is 0 Å². The molecule has 18 heavy (non-hydrogen) atoms. The van der Waals surface area contributed by atoms with Crippen LogP contribution < -0.4 is 5.32 Å². The molecule has 94 valence electrons. The summed E-state index contributed by atoms with van der Waals surface area (Å²) < 4.78 is 22.7. The molecular weight excluding hydrogens is 250 g/mol. The first-order valence-corrected chi connectivity index (χ1v) is 7.63. The molecule has 1 aromatic carbocycles. The normalized spacial score (nSPS) is 22.1. The largest absolute Gasteiger partial charge is 0.350 e. The summed E-state index contributed by atoms with van der Waals surface area (Å²) in [6, 6.07) is 7.63. The quantitative estimate of drug-likeness (QED) is 0.882. The number of hydrogen-bond acceptors (Lipinski definition) is 5. The van der Waals surface area contributed by atoms with Gasteiger partial charge in [-0.15, -0.1) is 0 Å². The molecule has 3 rings (SSSR count). The summed E-state index contributed by atoms with van der Waals surface area (Å²) in [5.74, 6) is 0.914. The first-order valence-electron chi connectivity index (χ1n) is 5.81. The topological polar surface area (TPSA) is 72.0 Å². The van der Waals surface area contributed by atoms with E-state index in [0.29, 0.717) is 12.4 Å². The lowest BCUT2D eigenvalue weighted by Crippen LogP contribution is -2.21. The first kappa shape index (κ1) is 11.4. The molecular formula is C12H13N3O2S. The number of rotatable bonds is 2. The maximum atomic E-state index is 11.4. The Morgan fingerprint density at radius 1 is 1.28 bits per heavy atom. The third kappa shape index (κ3) is 2.28. The monoisotopic (exact) mass is 263 g/mol. The number of aromatic nitrogens is 2. The van der Waals surface area contributed by atoms with E-state index >= 15 is 0 Å². The van der Waals surface area contributed by atoms with Gasteiger partial charge in [0.2, 0.25) is 5.95 Å². The Morgan fingerprint density at radius 3 is 2.89 bits per heavy atom. The second-order valence-electron chi connectivity index (χ2n) is 4.50. The molecule has 0 bridgehead atoms. The van der Waals surface area contributed by atoms with Gasteiger partial charge < -0.3 is 5.32 Å². The Bertz CT molecular complexity index is 685. The smallest absolute Gasteiger partial charge is 0.223 e. The second kappa shape index (κ2) is 4.20. The molecule has 1 aliphatic heterocycles. The molecule has 1 atom stereocenters. The molecule has 1 saturated heterocycles. The molecule has 5 nitrogen and oxygen atoms in total. The van der Waals surface area contributed by atoms with Crippen molar-refractivity contribution in [3.05, 3.63) is 30.5 Å². The number of para-hydroxylation sites is 1. The fraction of sp³-hybridized carbons (Fsp3) is 0.333. The van der Waals surface area contributed by atoms with Gasteiger partial charge in [0.25, 0.3) is 0 Å². The SMILES string of the molecule is O=S1(=O)CCC(Nc2ncc3ccccc3n2)C1. The van der Waals surface area contributed by atoms with Crippen molar-refractivity contribution in [3.8, 4) is 0 Å². The van der Waals surface area contributed by atoms with Crippen LogP contribution in [-0.2, 0) is 9.84 Å². The summed E-state index contributed by atoms with van der Waals surface area (Å²) in [7, 11) is -2.88. The summed E-state index contributed by atoms with van der Waals surface area (Å²) in [5.41, 5.74) is 0.857. The van der Waals surface area contributed by atoms with Crippen LogP contribution in [0.1, 0.15) is 6.42 Å². The average molecular weight is 263 g/mol.